The summed E-state index contributed by atoms with van der Waals surface area (Å²) in [4.78, 5) is 31.7. The third kappa shape index (κ3) is 4.16. The molecule has 3 fully saturated rings. The quantitative estimate of drug-likeness (QED) is 0.707. The number of benzene rings is 1. The Morgan fingerprint density at radius 3 is 2.47 bits per heavy atom. The molecular weight excluding hydrogens is 426 g/mol. The second-order valence-corrected chi connectivity index (χ2v) is 9.92. The number of rotatable bonds is 4. The molecule has 1 aromatic carbocycles. The van der Waals surface area contributed by atoms with Crippen molar-refractivity contribution in [1.82, 2.24) is 24.5 Å². The van der Waals surface area contributed by atoms with Gasteiger partial charge in [-0.05, 0) is 56.2 Å². The lowest BCUT2D eigenvalue weighted by Gasteiger charge is -2.26. The summed E-state index contributed by atoms with van der Waals surface area (Å²) in [6.45, 7) is 3.94. The van der Waals surface area contributed by atoms with E-state index in [1.165, 1.54) is 10.9 Å². The Labute approximate surface area is 193 Å². The normalized spacial score (nSPS) is 25.0. The van der Waals surface area contributed by atoms with Crippen molar-refractivity contribution in [2.75, 3.05) is 33.2 Å². The number of halogens is 1. The average Bonchev–Trinajstić information content (AvgIpc) is 3.58. The van der Waals surface area contributed by atoms with Crippen LogP contribution in [0.25, 0.3) is 0 Å². The van der Waals surface area contributed by atoms with Gasteiger partial charge in [0, 0.05) is 50.0 Å². The molecule has 5 rings (SSSR count). The summed E-state index contributed by atoms with van der Waals surface area (Å²) in [6.07, 6.45) is 7.39. The molecule has 0 bridgehead atoms. The van der Waals surface area contributed by atoms with Crippen LogP contribution in [0.5, 0.6) is 0 Å². The predicted molar refractivity (Wildman–Crippen MR) is 123 cm³/mol. The van der Waals surface area contributed by atoms with Gasteiger partial charge in [-0.25, -0.2) is 4.79 Å². The predicted octanol–water partition coefficient (Wildman–Crippen LogP) is 3.58. The number of aromatic nitrogens is 2. The van der Waals surface area contributed by atoms with Crippen molar-refractivity contribution in [3.05, 3.63) is 52.8 Å². The Bertz CT molecular complexity index is 988. The van der Waals surface area contributed by atoms with Crippen molar-refractivity contribution >= 4 is 23.5 Å². The zero-order chi connectivity index (χ0) is 22.2. The molecule has 1 saturated carbocycles. The lowest BCUT2D eigenvalue weighted by Crippen LogP contribution is -2.36. The van der Waals surface area contributed by atoms with Gasteiger partial charge < -0.3 is 9.80 Å². The van der Waals surface area contributed by atoms with E-state index in [1.807, 2.05) is 28.0 Å². The standard InChI is InChI=1S/C24H30ClN5O2/c1-27(13-17-6-2-3-7-22(17)25)21-10-18-14-29(15-19(18)11-21)24(32)30-16-20(12-26-30)23(31)28-8-4-5-9-28/h2-3,6-7,12,16,18-19,21H,4-5,8-11,13-15H2,1H3. The van der Waals surface area contributed by atoms with E-state index >= 15 is 0 Å². The minimum Gasteiger partial charge on any atom is -0.339 e. The van der Waals surface area contributed by atoms with Crippen molar-refractivity contribution in [2.24, 2.45) is 11.8 Å². The molecule has 1 aliphatic carbocycles. The number of hydrogen-bond acceptors (Lipinski definition) is 4. The number of fused-ring (bicyclic) bond motifs is 1. The summed E-state index contributed by atoms with van der Waals surface area (Å²) in [6, 6.07) is 8.40. The van der Waals surface area contributed by atoms with Gasteiger partial charge in [-0.2, -0.15) is 9.78 Å². The third-order valence-corrected chi connectivity index (χ3v) is 7.79. The highest BCUT2D eigenvalue weighted by Crippen LogP contribution is 2.40. The van der Waals surface area contributed by atoms with Crippen LogP contribution in [-0.2, 0) is 6.54 Å². The first-order valence-electron chi connectivity index (χ1n) is 11.6. The first kappa shape index (κ1) is 21.5. The second kappa shape index (κ2) is 8.87. The van der Waals surface area contributed by atoms with Crippen LogP contribution in [-0.4, -0.2) is 75.7 Å². The summed E-state index contributed by atoms with van der Waals surface area (Å²) in [5.41, 5.74) is 1.66. The average molecular weight is 456 g/mol. The van der Waals surface area contributed by atoms with Gasteiger partial charge in [-0.1, -0.05) is 29.8 Å². The highest BCUT2D eigenvalue weighted by atomic mass is 35.5. The Balaban J connectivity index is 1.16. The SMILES string of the molecule is CN(Cc1ccccc1Cl)C1CC2CN(C(=O)n3cc(C(=O)N4CCCC4)cn3)CC2C1. The molecule has 2 unspecified atom stereocenters. The Morgan fingerprint density at radius 1 is 1.09 bits per heavy atom. The topological polar surface area (TPSA) is 61.7 Å². The Kier molecular flexibility index (Phi) is 5.95. The van der Waals surface area contributed by atoms with Crippen LogP contribution < -0.4 is 0 Å². The lowest BCUT2D eigenvalue weighted by molar-refractivity contribution is 0.0793. The zero-order valence-corrected chi connectivity index (χ0v) is 19.2. The van der Waals surface area contributed by atoms with Gasteiger partial charge in [0.1, 0.15) is 0 Å². The highest BCUT2D eigenvalue weighted by molar-refractivity contribution is 6.31. The van der Waals surface area contributed by atoms with Gasteiger partial charge in [0.25, 0.3) is 5.91 Å². The molecule has 7 nitrogen and oxygen atoms in total. The highest BCUT2D eigenvalue weighted by Gasteiger charge is 2.43. The Morgan fingerprint density at radius 2 is 1.78 bits per heavy atom. The maximum absolute atomic E-state index is 13.0. The van der Waals surface area contributed by atoms with Gasteiger partial charge in [0.05, 0.1) is 11.8 Å². The van der Waals surface area contributed by atoms with Crippen molar-refractivity contribution in [3.63, 3.8) is 0 Å². The van der Waals surface area contributed by atoms with Crippen LogP contribution in [0.3, 0.4) is 0 Å². The van der Waals surface area contributed by atoms with Gasteiger partial charge >= 0.3 is 6.03 Å². The smallest absolute Gasteiger partial charge is 0.339 e. The fourth-order valence-corrected chi connectivity index (χ4v) is 5.79. The third-order valence-electron chi connectivity index (χ3n) is 7.42. The molecule has 0 radical (unpaired) electrons. The Hall–Kier alpha value is -2.38. The maximum Gasteiger partial charge on any atom is 0.344 e. The number of nitrogens with zero attached hydrogens (tertiary/aromatic N) is 5. The number of likely N-dealkylation sites (tertiary alicyclic amines) is 2. The van der Waals surface area contributed by atoms with E-state index in [2.05, 4.69) is 23.1 Å². The number of carbonyl (C=O) groups excluding carboxylic acids is 2. The summed E-state index contributed by atoms with van der Waals surface area (Å²) >= 11 is 6.34. The summed E-state index contributed by atoms with van der Waals surface area (Å²) in [5, 5.41) is 5.02. The summed E-state index contributed by atoms with van der Waals surface area (Å²) in [7, 11) is 2.17. The van der Waals surface area contributed by atoms with Gasteiger partial charge in [0.15, 0.2) is 0 Å². The van der Waals surface area contributed by atoms with Crippen molar-refractivity contribution in [2.45, 2.75) is 38.3 Å². The van der Waals surface area contributed by atoms with Crippen LogP contribution in [0.15, 0.2) is 36.7 Å². The first-order valence-corrected chi connectivity index (χ1v) is 11.9. The van der Waals surface area contributed by atoms with Crippen molar-refractivity contribution < 1.29 is 9.59 Å². The summed E-state index contributed by atoms with van der Waals surface area (Å²) < 4.78 is 1.34. The monoisotopic (exact) mass is 455 g/mol. The van der Waals surface area contributed by atoms with Crippen molar-refractivity contribution in [3.8, 4) is 0 Å². The van der Waals surface area contributed by atoms with Crippen LogP contribution >= 0.6 is 11.6 Å². The molecule has 1 aromatic heterocycles. The van der Waals surface area contributed by atoms with E-state index in [9.17, 15) is 9.59 Å². The molecule has 3 heterocycles. The van der Waals surface area contributed by atoms with Gasteiger partial charge in [0.2, 0.25) is 0 Å². The molecule has 8 heteroatoms. The second-order valence-electron chi connectivity index (χ2n) is 9.51. The minimum absolute atomic E-state index is 0.0239. The van der Waals surface area contributed by atoms with E-state index < -0.39 is 0 Å². The molecule has 2 amide bonds. The summed E-state index contributed by atoms with van der Waals surface area (Å²) in [5.74, 6) is 1.00. The van der Waals surface area contributed by atoms with E-state index in [4.69, 9.17) is 11.6 Å². The van der Waals surface area contributed by atoms with Crippen LogP contribution in [0, 0.1) is 11.8 Å². The molecule has 2 saturated heterocycles. The zero-order valence-electron chi connectivity index (χ0n) is 18.5. The fourth-order valence-electron chi connectivity index (χ4n) is 5.59. The van der Waals surface area contributed by atoms with E-state index in [1.54, 1.807) is 6.20 Å². The number of amides is 2. The van der Waals surface area contributed by atoms with E-state index in [0.717, 1.165) is 69.0 Å². The first-order chi connectivity index (χ1) is 15.5. The maximum atomic E-state index is 13.0. The minimum atomic E-state index is -0.124. The largest absolute Gasteiger partial charge is 0.344 e. The molecular formula is C24H30ClN5O2. The van der Waals surface area contributed by atoms with Gasteiger partial charge in [-0.3, -0.25) is 9.69 Å². The van der Waals surface area contributed by atoms with Crippen LogP contribution in [0.2, 0.25) is 5.02 Å². The lowest BCUT2D eigenvalue weighted by atomic mass is 10.0. The molecule has 0 spiro atoms. The number of carbonyl (C=O) groups is 2. The van der Waals surface area contributed by atoms with Crippen molar-refractivity contribution in [1.29, 1.82) is 0 Å². The molecule has 2 aromatic rings. The molecule has 32 heavy (non-hydrogen) atoms. The van der Waals surface area contributed by atoms with Gasteiger partial charge in [-0.15, -0.1) is 0 Å². The van der Waals surface area contributed by atoms with Crippen LogP contribution in [0.1, 0.15) is 41.6 Å². The molecule has 2 aliphatic heterocycles. The number of hydrogen-bond donors (Lipinski definition) is 0. The molecule has 170 valence electrons. The van der Waals surface area contributed by atoms with Crippen LogP contribution in [0.4, 0.5) is 4.79 Å². The fraction of sp³-hybridized carbons (Fsp3) is 0.542. The molecule has 0 N–H and O–H groups in total. The van der Waals surface area contributed by atoms with E-state index in [0.29, 0.717) is 23.4 Å². The molecule has 2 atom stereocenters. The van der Waals surface area contributed by atoms with E-state index in [-0.39, 0.29) is 11.9 Å². The molecule has 3 aliphatic rings.